The fraction of sp³-hybridized carbons (Fsp3) is 0.200. The maximum absolute atomic E-state index is 9.54. The fourth-order valence-corrected chi connectivity index (χ4v) is 2.51. The molecule has 0 radical (unpaired) electrons. The summed E-state index contributed by atoms with van der Waals surface area (Å²) in [5.41, 5.74) is 3.05. The molecular formula is C20H19N3O2. The van der Waals surface area contributed by atoms with Crippen LogP contribution in [0.15, 0.2) is 42.5 Å². The Bertz CT molecular complexity index is 918. The number of H-pyrrole nitrogens is 1. The molecule has 0 bridgehead atoms. The third-order valence-corrected chi connectivity index (χ3v) is 3.73. The number of methoxy groups -OCH3 is 1. The zero-order valence-corrected chi connectivity index (χ0v) is 14.2. The zero-order chi connectivity index (χ0) is 17.6. The Morgan fingerprint density at radius 2 is 2.08 bits per heavy atom. The van der Waals surface area contributed by atoms with Crippen LogP contribution in [0.3, 0.4) is 0 Å². The van der Waals surface area contributed by atoms with E-state index in [1.54, 1.807) is 13.2 Å². The minimum atomic E-state index is 0.461. The Kier molecular flexibility index (Phi) is 5.00. The average molecular weight is 333 g/mol. The minimum Gasteiger partial charge on any atom is -0.493 e. The predicted octanol–water partition coefficient (Wildman–Crippen LogP) is 4.42. The number of aromatic nitrogens is 2. The number of benzene rings is 2. The molecule has 0 aliphatic rings. The smallest absolute Gasteiger partial charge is 0.161 e. The van der Waals surface area contributed by atoms with Crippen LogP contribution in [0.4, 0.5) is 0 Å². The van der Waals surface area contributed by atoms with Crippen molar-refractivity contribution < 1.29 is 9.47 Å². The Balaban J connectivity index is 1.97. The summed E-state index contributed by atoms with van der Waals surface area (Å²) in [4.78, 5) is 7.66. The Hall–Kier alpha value is -3.26. The molecule has 126 valence electrons. The van der Waals surface area contributed by atoms with Gasteiger partial charge in [-0.05, 0) is 42.3 Å². The van der Waals surface area contributed by atoms with Gasteiger partial charge in [-0.3, -0.25) is 0 Å². The maximum Gasteiger partial charge on any atom is 0.161 e. The van der Waals surface area contributed by atoms with Gasteiger partial charge in [0.15, 0.2) is 11.5 Å². The van der Waals surface area contributed by atoms with E-state index in [-0.39, 0.29) is 0 Å². The number of rotatable bonds is 6. The highest BCUT2D eigenvalue weighted by molar-refractivity contribution is 5.90. The molecule has 0 aliphatic heterocycles. The molecular weight excluding hydrogens is 314 g/mol. The molecule has 5 heteroatoms. The minimum absolute atomic E-state index is 0.461. The topological polar surface area (TPSA) is 70.9 Å². The molecule has 25 heavy (non-hydrogen) atoms. The largest absolute Gasteiger partial charge is 0.493 e. The number of allylic oxidation sites excluding steroid dienone is 1. The van der Waals surface area contributed by atoms with Gasteiger partial charge in [-0.2, -0.15) is 5.26 Å². The van der Waals surface area contributed by atoms with Gasteiger partial charge in [0, 0.05) is 0 Å². The van der Waals surface area contributed by atoms with Crippen LogP contribution in [0.25, 0.3) is 22.7 Å². The lowest BCUT2D eigenvalue weighted by atomic mass is 10.1. The molecule has 3 aromatic rings. The van der Waals surface area contributed by atoms with Crippen molar-refractivity contribution in [1.29, 1.82) is 5.26 Å². The quantitative estimate of drug-likeness (QED) is 0.678. The van der Waals surface area contributed by atoms with Gasteiger partial charge < -0.3 is 14.5 Å². The van der Waals surface area contributed by atoms with Crippen LogP contribution in [0, 0.1) is 11.3 Å². The normalized spacial score (nSPS) is 11.3. The van der Waals surface area contributed by atoms with Gasteiger partial charge in [0.25, 0.3) is 0 Å². The number of aromatic amines is 1. The zero-order valence-electron chi connectivity index (χ0n) is 14.2. The van der Waals surface area contributed by atoms with Crippen molar-refractivity contribution >= 4 is 22.7 Å². The maximum atomic E-state index is 9.54. The second-order valence-electron chi connectivity index (χ2n) is 5.53. The van der Waals surface area contributed by atoms with Crippen LogP contribution < -0.4 is 9.47 Å². The second kappa shape index (κ2) is 7.54. The van der Waals surface area contributed by atoms with Crippen LogP contribution in [-0.4, -0.2) is 23.7 Å². The first-order valence-electron chi connectivity index (χ1n) is 8.13. The SMILES string of the molecule is CCCOc1cc(/C=C(/C#N)c2nc3ccccc3[nH]2)ccc1OC. The number of nitrogens with zero attached hydrogens (tertiary/aromatic N) is 2. The first-order chi connectivity index (χ1) is 12.2. The molecule has 2 aromatic carbocycles. The van der Waals surface area contributed by atoms with Gasteiger partial charge in [0.05, 0.1) is 30.3 Å². The van der Waals surface area contributed by atoms with Gasteiger partial charge in [-0.1, -0.05) is 25.1 Å². The number of fused-ring (bicyclic) bond motifs is 1. The molecule has 1 heterocycles. The molecule has 0 saturated heterocycles. The van der Waals surface area contributed by atoms with E-state index in [0.717, 1.165) is 23.0 Å². The molecule has 0 amide bonds. The van der Waals surface area contributed by atoms with Crippen molar-refractivity contribution in [3.8, 4) is 17.6 Å². The number of ether oxygens (including phenoxy) is 2. The van der Waals surface area contributed by atoms with Gasteiger partial charge in [0.1, 0.15) is 11.9 Å². The molecule has 0 fully saturated rings. The van der Waals surface area contributed by atoms with E-state index in [4.69, 9.17) is 9.47 Å². The van der Waals surface area contributed by atoms with E-state index in [2.05, 4.69) is 16.0 Å². The molecule has 0 aliphatic carbocycles. The number of para-hydroxylation sites is 2. The summed E-state index contributed by atoms with van der Waals surface area (Å²) in [5, 5.41) is 9.54. The molecule has 0 saturated carbocycles. The molecule has 0 unspecified atom stereocenters. The van der Waals surface area contributed by atoms with Gasteiger partial charge in [-0.15, -0.1) is 0 Å². The number of imidazole rings is 1. The van der Waals surface area contributed by atoms with Crippen LogP contribution in [0.1, 0.15) is 24.7 Å². The second-order valence-corrected chi connectivity index (χ2v) is 5.53. The lowest BCUT2D eigenvalue weighted by Gasteiger charge is -2.10. The van der Waals surface area contributed by atoms with Gasteiger partial charge in [-0.25, -0.2) is 4.98 Å². The highest BCUT2D eigenvalue weighted by Gasteiger charge is 2.09. The summed E-state index contributed by atoms with van der Waals surface area (Å²) in [5.74, 6) is 1.89. The number of nitriles is 1. The summed E-state index contributed by atoms with van der Waals surface area (Å²) < 4.78 is 11.1. The van der Waals surface area contributed by atoms with Crippen molar-refractivity contribution in [2.45, 2.75) is 13.3 Å². The van der Waals surface area contributed by atoms with Crippen LogP contribution in [0.5, 0.6) is 11.5 Å². The molecule has 1 N–H and O–H groups in total. The fourth-order valence-electron chi connectivity index (χ4n) is 2.51. The monoisotopic (exact) mass is 333 g/mol. The van der Waals surface area contributed by atoms with E-state index in [1.807, 2.05) is 49.4 Å². The van der Waals surface area contributed by atoms with E-state index in [1.165, 1.54) is 0 Å². The van der Waals surface area contributed by atoms with Crippen molar-refractivity contribution in [3.05, 3.63) is 53.9 Å². The van der Waals surface area contributed by atoms with Crippen LogP contribution in [0.2, 0.25) is 0 Å². The first kappa shape index (κ1) is 16.6. The van der Waals surface area contributed by atoms with E-state index in [9.17, 15) is 5.26 Å². The van der Waals surface area contributed by atoms with E-state index < -0.39 is 0 Å². The van der Waals surface area contributed by atoms with E-state index in [0.29, 0.717) is 29.5 Å². The lowest BCUT2D eigenvalue weighted by Crippen LogP contribution is -1.98. The van der Waals surface area contributed by atoms with Crippen molar-refractivity contribution in [2.24, 2.45) is 0 Å². The molecule has 3 rings (SSSR count). The lowest BCUT2D eigenvalue weighted by molar-refractivity contribution is 0.294. The molecule has 1 aromatic heterocycles. The van der Waals surface area contributed by atoms with Crippen molar-refractivity contribution in [2.75, 3.05) is 13.7 Å². The summed E-state index contributed by atoms with van der Waals surface area (Å²) in [7, 11) is 1.61. The third-order valence-electron chi connectivity index (χ3n) is 3.73. The molecule has 5 nitrogen and oxygen atoms in total. The van der Waals surface area contributed by atoms with Crippen LogP contribution in [-0.2, 0) is 0 Å². The Morgan fingerprint density at radius 1 is 1.24 bits per heavy atom. The summed E-state index contributed by atoms with van der Waals surface area (Å²) in [6.45, 7) is 2.66. The Labute approximate surface area is 146 Å². The predicted molar refractivity (Wildman–Crippen MR) is 98.4 cm³/mol. The van der Waals surface area contributed by atoms with Crippen molar-refractivity contribution in [1.82, 2.24) is 9.97 Å². The van der Waals surface area contributed by atoms with E-state index >= 15 is 0 Å². The van der Waals surface area contributed by atoms with Crippen LogP contribution >= 0.6 is 0 Å². The standard InChI is InChI=1S/C20H19N3O2/c1-3-10-25-19-12-14(8-9-18(19)24-2)11-15(13-21)20-22-16-6-4-5-7-17(16)23-20/h4-9,11-12H,3,10H2,1-2H3,(H,22,23)/b15-11-. The Morgan fingerprint density at radius 3 is 2.80 bits per heavy atom. The number of nitrogens with one attached hydrogen (secondary N) is 1. The van der Waals surface area contributed by atoms with Crippen molar-refractivity contribution in [3.63, 3.8) is 0 Å². The summed E-state index contributed by atoms with van der Waals surface area (Å²) in [6.07, 6.45) is 2.70. The first-order valence-corrected chi connectivity index (χ1v) is 8.13. The molecule has 0 spiro atoms. The molecule has 0 atom stereocenters. The van der Waals surface area contributed by atoms with Gasteiger partial charge in [0.2, 0.25) is 0 Å². The third kappa shape index (κ3) is 3.64. The number of hydrogen-bond acceptors (Lipinski definition) is 4. The highest BCUT2D eigenvalue weighted by Crippen LogP contribution is 2.30. The highest BCUT2D eigenvalue weighted by atomic mass is 16.5. The summed E-state index contributed by atoms with van der Waals surface area (Å²) >= 11 is 0. The number of hydrogen-bond donors (Lipinski definition) is 1. The van der Waals surface area contributed by atoms with Gasteiger partial charge >= 0.3 is 0 Å². The average Bonchev–Trinajstić information content (AvgIpc) is 3.08. The summed E-state index contributed by atoms with van der Waals surface area (Å²) in [6, 6.07) is 15.5.